The molecule has 0 N–H and O–H groups in total. The van der Waals surface area contributed by atoms with Gasteiger partial charge in [-0.25, -0.2) is 4.98 Å². The number of pyridine rings is 1. The summed E-state index contributed by atoms with van der Waals surface area (Å²) in [4.78, 5) is 21.4. The number of carbonyl (C=O) groups excluding carboxylic acids is 1. The molecular weight excluding hydrogens is 290 g/mol. The number of carbonyl (C=O) groups is 1. The van der Waals surface area contributed by atoms with Gasteiger partial charge in [-0.2, -0.15) is 5.10 Å². The lowest BCUT2D eigenvalue weighted by molar-refractivity contribution is 0.0738. The van der Waals surface area contributed by atoms with E-state index in [9.17, 15) is 4.79 Å². The van der Waals surface area contributed by atoms with Crippen LogP contribution in [0.25, 0.3) is 0 Å². The van der Waals surface area contributed by atoms with E-state index in [-0.39, 0.29) is 5.91 Å². The van der Waals surface area contributed by atoms with E-state index >= 15 is 0 Å². The molecule has 2 aromatic heterocycles. The molecular formula is C17H21N5O. The smallest absolute Gasteiger partial charge is 0.274 e. The first-order chi connectivity index (χ1) is 11.2. The molecule has 1 amide bonds. The molecule has 0 saturated carbocycles. The number of amides is 1. The lowest BCUT2D eigenvalue weighted by Crippen LogP contribution is -2.49. The molecule has 2 aromatic rings. The standard InChI is InChI=1S/C17H21N5O/c1-20-14-6-4-5-13(14)16(19-20)17(23)22-11-9-21(10-12-22)15-7-2-3-8-18-15/h2-3,7-8H,4-6,9-12H2,1H3. The maximum atomic E-state index is 12.8. The SMILES string of the molecule is Cn1nc(C(=O)N2CCN(c3ccccn3)CC2)c2c1CCC2. The van der Waals surface area contributed by atoms with Gasteiger partial charge in [0.25, 0.3) is 5.91 Å². The molecule has 0 spiro atoms. The van der Waals surface area contributed by atoms with Gasteiger partial charge < -0.3 is 9.80 Å². The van der Waals surface area contributed by atoms with E-state index in [1.807, 2.05) is 41.0 Å². The Morgan fingerprint density at radius 2 is 1.96 bits per heavy atom. The Hall–Kier alpha value is -2.37. The van der Waals surface area contributed by atoms with Crippen LogP contribution in [-0.2, 0) is 19.9 Å². The number of hydrogen-bond donors (Lipinski definition) is 0. The Balaban J connectivity index is 1.47. The third-order valence-electron chi connectivity index (χ3n) is 4.86. The van der Waals surface area contributed by atoms with Crippen LogP contribution in [0.5, 0.6) is 0 Å². The molecule has 1 fully saturated rings. The van der Waals surface area contributed by atoms with Crippen molar-refractivity contribution in [3.63, 3.8) is 0 Å². The summed E-state index contributed by atoms with van der Waals surface area (Å²) >= 11 is 0. The highest BCUT2D eigenvalue weighted by molar-refractivity contribution is 5.94. The first-order valence-corrected chi connectivity index (χ1v) is 8.24. The number of nitrogens with zero attached hydrogens (tertiary/aromatic N) is 5. The number of fused-ring (bicyclic) bond motifs is 1. The monoisotopic (exact) mass is 311 g/mol. The van der Waals surface area contributed by atoms with E-state index in [1.54, 1.807) is 0 Å². The molecule has 0 atom stereocenters. The lowest BCUT2D eigenvalue weighted by Gasteiger charge is -2.35. The van der Waals surface area contributed by atoms with Crippen molar-refractivity contribution in [3.05, 3.63) is 41.3 Å². The molecule has 1 saturated heterocycles. The molecule has 23 heavy (non-hydrogen) atoms. The maximum absolute atomic E-state index is 12.8. The van der Waals surface area contributed by atoms with Gasteiger partial charge >= 0.3 is 0 Å². The van der Waals surface area contributed by atoms with Gasteiger partial charge in [0, 0.05) is 50.7 Å². The van der Waals surface area contributed by atoms with Crippen molar-refractivity contribution in [1.29, 1.82) is 0 Å². The molecule has 0 bridgehead atoms. The summed E-state index contributed by atoms with van der Waals surface area (Å²) in [7, 11) is 1.94. The average Bonchev–Trinajstić information content (AvgIpc) is 3.20. The zero-order chi connectivity index (χ0) is 15.8. The number of aryl methyl sites for hydroxylation is 1. The summed E-state index contributed by atoms with van der Waals surface area (Å²) in [5, 5.41) is 4.48. The van der Waals surface area contributed by atoms with Gasteiger partial charge in [-0.1, -0.05) is 6.07 Å². The van der Waals surface area contributed by atoms with E-state index in [4.69, 9.17) is 0 Å². The second kappa shape index (κ2) is 5.68. The number of aromatic nitrogens is 3. The molecule has 0 radical (unpaired) electrons. The molecule has 6 nitrogen and oxygen atoms in total. The number of rotatable bonds is 2. The second-order valence-corrected chi connectivity index (χ2v) is 6.22. The van der Waals surface area contributed by atoms with Gasteiger partial charge in [-0.3, -0.25) is 9.48 Å². The zero-order valence-electron chi connectivity index (χ0n) is 13.4. The van der Waals surface area contributed by atoms with Gasteiger partial charge in [0.05, 0.1) is 0 Å². The van der Waals surface area contributed by atoms with Crippen molar-refractivity contribution in [2.75, 3.05) is 31.1 Å². The quantitative estimate of drug-likeness (QED) is 0.838. The summed E-state index contributed by atoms with van der Waals surface area (Å²) in [6.07, 6.45) is 4.97. The molecule has 120 valence electrons. The van der Waals surface area contributed by atoms with Crippen LogP contribution in [-0.4, -0.2) is 51.8 Å². The fourth-order valence-corrected chi connectivity index (χ4v) is 3.61. The largest absolute Gasteiger partial charge is 0.353 e. The number of anilines is 1. The lowest BCUT2D eigenvalue weighted by atomic mass is 10.1. The topological polar surface area (TPSA) is 54.3 Å². The van der Waals surface area contributed by atoms with E-state index in [1.165, 1.54) is 11.3 Å². The fourth-order valence-electron chi connectivity index (χ4n) is 3.61. The van der Waals surface area contributed by atoms with E-state index in [2.05, 4.69) is 15.0 Å². The third kappa shape index (κ3) is 2.48. The molecule has 3 heterocycles. The summed E-state index contributed by atoms with van der Waals surface area (Å²) in [5.74, 6) is 1.07. The summed E-state index contributed by atoms with van der Waals surface area (Å²) in [5.41, 5.74) is 3.08. The van der Waals surface area contributed by atoms with Crippen molar-refractivity contribution in [3.8, 4) is 0 Å². The first-order valence-electron chi connectivity index (χ1n) is 8.24. The van der Waals surface area contributed by atoms with E-state index < -0.39 is 0 Å². The zero-order valence-corrected chi connectivity index (χ0v) is 13.4. The van der Waals surface area contributed by atoms with Crippen LogP contribution in [0.3, 0.4) is 0 Å². The Bertz CT molecular complexity index is 716. The second-order valence-electron chi connectivity index (χ2n) is 6.22. The van der Waals surface area contributed by atoms with Crippen LogP contribution in [0, 0.1) is 0 Å². The van der Waals surface area contributed by atoms with Crippen LogP contribution in [0.4, 0.5) is 5.82 Å². The Morgan fingerprint density at radius 1 is 1.13 bits per heavy atom. The Kier molecular flexibility index (Phi) is 3.52. The number of hydrogen-bond acceptors (Lipinski definition) is 4. The van der Waals surface area contributed by atoms with Crippen LogP contribution in [0.15, 0.2) is 24.4 Å². The maximum Gasteiger partial charge on any atom is 0.274 e. The van der Waals surface area contributed by atoms with Crippen molar-refractivity contribution in [2.45, 2.75) is 19.3 Å². The van der Waals surface area contributed by atoms with Crippen LogP contribution < -0.4 is 4.90 Å². The van der Waals surface area contributed by atoms with Gasteiger partial charge in [0.15, 0.2) is 5.69 Å². The van der Waals surface area contributed by atoms with Crippen LogP contribution in [0.1, 0.15) is 28.2 Å². The fraction of sp³-hybridized carbons (Fsp3) is 0.471. The Labute approximate surface area is 135 Å². The van der Waals surface area contributed by atoms with Crippen molar-refractivity contribution < 1.29 is 4.79 Å². The molecule has 2 aliphatic rings. The van der Waals surface area contributed by atoms with Gasteiger partial charge in [-0.15, -0.1) is 0 Å². The summed E-state index contributed by atoms with van der Waals surface area (Å²) in [6, 6.07) is 5.94. The van der Waals surface area contributed by atoms with Gasteiger partial charge in [-0.05, 0) is 31.4 Å². The summed E-state index contributed by atoms with van der Waals surface area (Å²) < 4.78 is 1.89. The van der Waals surface area contributed by atoms with Crippen molar-refractivity contribution in [2.24, 2.45) is 7.05 Å². The highest BCUT2D eigenvalue weighted by Gasteiger charge is 2.30. The van der Waals surface area contributed by atoms with E-state index in [0.29, 0.717) is 5.69 Å². The van der Waals surface area contributed by atoms with Gasteiger partial charge in [0.2, 0.25) is 0 Å². The molecule has 6 heteroatoms. The molecule has 4 rings (SSSR count). The predicted octanol–water partition coefficient (Wildman–Crippen LogP) is 1.27. The summed E-state index contributed by atoms with van der Waals surface area (Å²) in [6.45, 7) is 3.08. The normalized spacial score (nSPS) is 17.4. The highest BCUT2D eigenvalue weighted by atomic mass is 16.2. The minimum Gasteiger partial charge on any atom is -0.353 e. The predicted molar refractivity (Wildman–Crippen MR) is 87.6 cm³/mol. The van der Waals surface area contributed by atoms with Crippen LogP contribution in [0.2, 0.25) is 0 Å². The van der Waals surface area contributed by atoms with E-state index in [0.717, 1.165) is 51.3 Å². The van der Waals surface area contributed by atoms with Crippen LogP contribution >= 0.6 is 0 Å². The molecule has 1 aliphatic heterocycles. The molecule has 0 unspecified atom stereocenters. The minimum atomic E-state index is 0.0874. The molecule has 1 aliphatic carbocycles. The number of piperazine rings is 1. The van der Waals surface area contributed by atoms with Gasteiger partial charge in [0.1, 0.15) is 5.82 Å². The van der Waals surface area contributed by atoms with Crippen molar-refractivity contribution >= 4 is 11.7 Å². The average molecular weight is 311 g/mol. The van der Waals surface area contributed by atoms with Crippen molar-refractivity contribution in [1.82, 2.24) is 19.7 Å². The minimum absolute atomic E-state index is 0.0874. The molecule has 0 aromatic carbocycles. The highest BCUT2D eigenvalue weighted by Crippen LogP contribution is 2.26. The Morgan fingerprint density at radius 3 is 2.70 bits per heavy atom. The third-order valence-corrected chi connectivity index (χ3v) is 4.86. The first kappa shape index (κ1) is 14.2.